The van der Waals surface area contributed by atoms with Gasteiger partial charge < -0.3 is 19.3 Å². The van der Waals surface area contributed by atoms with Crippen LogP contribution in [0.15, 0.2) is 12.7 Å². The number of methoxy groups -OCH3 is 1. The minimum Gasteiger partial charge on any atom is -0.469 e. The second-order valence-electron chi connectivity index (χ2n) is 3.24. The average Bonchev–Trinajstić information content (AvgIpc) is 2.33. The Labute approximate surface area is 100 Å². The first kappa shape index (κ1) is 15.6. The predicted molar refractivity (Wildman–Crippen MR) is 59.2 cm³/mol. The molecule has 98 valence electrons. The maximum atomic E-state index is 11.1. The molecule has 1 N–H and O–H groups in total. The van der Waals surface area contributed by atoms with Crippen molar-refractivity contribution in [2.45, 2.75) is 18.9 Å². The van der Waals surface area contributed by atoms with Crippen LogP contribution in [0.3, 0.4) is 0 Å². The van der Waals surface area contributed by atoms with Crippen molar-refractivity contribution in [3.05, 3.63) is 12.7 Å². The molecule has 0 aliphatic carbocycles. The number of carbonyl (C=O) groups excluding carboxylic acids is 2. The lowest BCUT2D eigenvalue weighted by molar-refractivity contribution is -0.151. The molecule has 17 heavy (non-hydrogen) atoms. The maximum absolute atomic E-state index is 11.1. The molecule has 0 saturated heterocycles. The van der Waals surface area contributed by atoms with Gasteiger partial charge in [0.1, 0.15) is 12.7 Å². The number of esters is 2. The fourth-order valence-electron chi connectivity index (χ4n) is 0.903. The third-order valence-corrected chi connectivity index (χ3v) is 1.74. The van der Waals surface area contributed by atoms with Crippen molar-refractivity contribution in [2.24, 2.45) is 0 Å². The van der Waals surface area contributed by atoms with Gasteiger partial charge >= 0.3 is 11.9 Å². The molecule has 6 heteroatoms. The molecule has 0 aromatic heterocycles. The number of ether oxygens (including phenoxy) is 3. The molecule has 0 amide bonds. The molecule has 0 aromatic carbocycles. The number of rotatable bonds is 9. The van der Waals surface area contributed by atoms with Crippen LogP contribution in [0.25, 0.3) is 0 Å². The van der Waals surface area contributed by atoms with Crippen LogP contribution < -0.4 is 0 Å². The van der Waals surface area contributed by atoms with Crippen LogP contribution >= 0.6 is 0 Å². The van der Waals surface area contributed by atoms with Gasteiger partial charge in [0, 0.05) is 0 Å². The molecule has 0 heterocycles. The first-order valence-corrected chi connectivity index (χ1v) is 5.19. The molecule has 1 atom stereocenters. The minimum atomic E-state index is -0.878. The first-order valence-electron chi connectivity index (χ1n) is 5.19. The van der Waals surface area contributed by atoms with Crippen molar-refractivity contribution in [3.63, 3.8) is 0 Å². The van der Waals surface area contributed by atoms with E-state index in [4.69, 9.17) is 9.47 Å². The second kappa shape index (κ2) is 9.80. The number of aliphatic hydroxyl groups is 1. The van der Waals surface area contributed by atoms with E-state index in [1.54, 1.807) is 6.08 Å². The fraction of sp³-hybridized carbons (Fsp3) is 0.636. The van der Waals surface area contributed by atoms with Gasteiger partial charge in [-0.3, -0.25) is 9.59 Å². The molecule has 0 aliphatic heterocycles. The van der Waals surface area contributed by atoms with Crippen LogP contribution in [-0.4, -0.2) is 50.1 Å². The van der Waals surface area contributed by atoms with E-state index in [0.717, 1.165) is 0 Å². The average molecular weight is 246 g/mol. The zero-order valence-electron chi connectivity index (χ0n) is 9.89. The first-order chi connectivity index (χ1) is 8.10. The molecule has 0 aliphatic rings. The molecule has 0 bridgehead atoms. The van der Waals surface area contributed by atoms with Gasteiger partial charge in [-0.25, -0.2) is 0 Å². The second-order valence-corrected chi connectivity index (χ2v) is 3.24. The van der Waals surface area contributed by atoms with Gasteiger partial charge in [-0.05, 0) is 0 Å². The van der Waals surface area contributed by atoms with Crippen LogP contribution in [0.4, 0.5) is 0 Å². The zero-order valence-corrected chi connectivity index (χ0v) is 9.89. The molecule has 0 fully saturated rings. The van der Waals surface area contributed by atoms with Gasteiger partial charge in [0.05, 0.1) is 33.2 Å². The number of hydrogen-bond acceptors (Lipinski definition) is 6. The van der Waals surface area contributed by atoms with Crippen LogP contribution in [0.1, 0.15) is 12.8 Å². The lowest BCUT2D eigenvalue weighted by Crippen LogP contribution is -2.24. The van der Waals surface area contributed by atoms with Gasteiger partial charge in [-0.15, -0.1) is 6.58 Å². The predicted octanol–water partition coefficient (Wildman–Crippen LogP) is 0.0463. The summed E-state index contributed by atoms with van der Waals surface area (Å²) in [5.74, 6) is -1.03. The van der Waals surface area contributed by atoms with Crippen molar-refractivity contribution in [2.75, 3.05) is 26.9 Å². The lowest BCUT2D eigenvalue weighted by Gasteiger charge is -2.10. The van der Waals surface area contributed by atoms with Gasteiger partial charge in [-0.1, -0.05) is 6.08 Å². The molecular formula is C11H18O6. The van der Waals surface area contributed by atoms with Crippen LogP contribution in [-0.2, 0) is 23.8 Å². The number of hydrogen-bond donors (Lipinski definition) is 1. The molecular weight excluding hydrogens is 228 g/mol. The highest BCUT2D eigenvalue weighted by Crippen LogP contribution is 1.96. The summed E-state index contributed by atoms with van der Waals surface area (Å²) in [5, 5.41) is 9.32. The SMILES string of the molecule is C=CCOCC(O)COC(=O)CCC(=O)OC. The molecule has 6 nitrogen and oxygen atoms in total. The summed E-state index contributed by atoms with van der Waals surface area (Å²) < 4.78 is 14.1. The summed E-state index contributed by atoms with van der Waals surface area (Å²) in [7, 11) is 1.24. The molecule has 0 rings (SSSR count). The smallest absolute Gasteiger partial charge is 0.306 e. The highest BCUT2D eigenvalue weighted by Gasteiger charge is 2.11. The van der Waals surface area contributed by atoms with Gasteiger partial charge in [0.25, 0.3) is 0 Å². The Morgan fingerprint density at radius 3 is 2.53 bits per heavy atom. The topological polar surface area (TPSA) is 82.1 Å². The highest BCUT2D eigenvalue weighted by atomic mass is 16.5. The van der Waals surface area contributed by atoms with Crippen molar-refractivity contribution < 1.29 is 28.9 Å². The summed E-state index contributed by atoms with van der Waals surface area (Å²) in [6.45, 7) is 3.68. The van der Waals surface area contributed by atoms with E-state index in [-0.39, 0.29) is 26.1 Å². The van der Waals surface area contributed by atoms with Crippen LogP contribution in [0.5, 0.6) is 0 Å². The molecule has 0 aromatic rings. The summed E-state index contributed by atoms with van der Waals surface area (Å²) >= 11 is 0. The Hall–Kier alpha value is -1.40. The fourth-order valence-corrected chi connectivity index (χ4v) is 0.903. The van der Waals surface area contributed by atoms with E-state index >= 15 is 0 Å². The third kappa shape index (κ3) is 9.52. The maximum Gasteiger partial charge on any atom is 0.306 e. The molecule has 0 spiro atoms. The van der Waals surface area contributed by atoms with E-state index in [9.17, 15) is 14.7 Å². The summed E-state index contributed by atoms with van der Waals surface area (Å²) in [4.78, 5) is 21.8. The molecule has 0 saturated carbocycles. The van der Waals surface area contributed by atoms with Gasteiger partial charge in [0.2, 0.25) is 0 Å². The quantitative estimate of drug-likeness (QED) is 0.351. The summed E-state index contributed by atoms with van der Waals surface area (Å²) in [6.07, 6.45) is 0.581. The summed E-state index contributed by atoms with van der Waals surface area (Å²) in [6, 6.07) is 0. The Balaban J connectivity index is 3.54. The summed E-state index contributed by atoms with van der Waals surface area (Å²) in [5.41, 5.74) is 0. The highest BCUT2D eigenvalue weighted by molar-refractivity contribution is 5.77. The van der Waals surface area contributed by atoms with E-state index in [1.165, 1.54) is 7.11 Å². The standard InChI is InChI=1S/C11H18O6/c1-3-6-16-7-9(12)8-17-11(14)5-4-10(13)15-2/h3,9,12H,1,4-8H2,2H3. The monoisotopic (exact) mass is 246 g/mol. The largest absolute Gasteiger partial charge is 0.469 e. The number of carbonyl (C=O) groups is 2. The Bertz CT molecular complexity index is 250. The van der Waals surface area contributed by atoms with E-state index in [2.05, 4.69) is 11.3 Å². The zero-order chi connectivity index (χ0) is 13.1. The Kier molecular flexibility index (Phi) is 8.99. The van der Waals surface area contributed by atoms with Crippen molar-refractivity contribution in [1.29, 1.82) is 0 Å². The number of aliphatic hydroxyl groups excluding tert-OH is 1. The minimum absolute atomic E-state index is 0.0294. The molecule has 0 radical (unpaired) electrons. The van der Waals surface area contributed by atoms with E-state index in [1.807, 2.05) is 0 Å². The van der Waals surface area contributed by atoms with Crippen molar-refractivity contribution in [1.82, 2.24) is 0 Å². The molecule has 1 unspecified atom stereocenters. The Morgan fingerprint density at radius 1 is 1.29 bits per heavy atom. The van der Waals surface area contributed by atoms with E-state index < -0.39 is 18.0 Å². The Morgan fingerprint density at radius 2 is 1.94 bits per heavy atom. The normalized spacial score (nSPS) is 11.6. The van der Waals surface area contributed by atoms with Crippen molar-refractivity contribution >= 4 is 11.9 Å². The van der Waals surface area contributed by atoms with Crippen LogP contribution in [0.2, 0.25) is 0 Å². The van der Waals surface area contributed by atoms with Crippen molar-refractivity contribution in [3.8, 4) is 0 Å². The van der Waals surface area contributed by atoms with Crippen LogP contribution in [0, 0.1) is 0 Å². The lowest BCUT2D eigenvalue weighted by atomic mass is 10.3. The van der Waals surface area contributed by atoms with Gasteiger partial charge in [-0.2, -0.15) is 0 Å². The van der Waals surface area contributed by atoms with Gasteiger partial charge in [0.15, 0.2) is 0 Å². The third-order valence-electron chi connectivity index (χ3n) is 1.74. The van der Waals surface area contributed by atoms with E-state index in [0.29, 0.717) is 6.61 Å².